The van der Waals surface area contributed by atoms with Crippen LogP contribution in [0.25, 0.3) is 0 Å². The largest absolute Gasteiger partial charge is 0.465 e. The van der Waals surface area contributed by atoms with Gasteiger partial charge >= 0.3 is 5.97 Å². The summed E-state index contributed by atoms with van der Waals surface area (Å²) in [5.41, 5.74) is 6.79. The Kier molecular flexibility index (Phi) is 5.26. The van der Waals surface area contributed by atoms with E-state index in [2.05, 4.69) is 15.3 Å². The SMILES string of the molecule is COCCc1nc(N)cc(Nc2ccccc2C(=O)OC)n1. The zero-order valence-corrected chi connectivity index (χ0v) is 12.5. The van der Waals surface area contributed by atoms with Gasteiger partial charge in [0.15, 0.2) is 0 Å². The van der Waals surface area contributed by atoms with Gasteiger partial charge in [0.1, 0.15) is 17.5 Å². The molecule has 7 heteroatoms. The first-order valence-corrected chi connectivity index (χ1v) is 6.70. The smallest absolute Gasteiger partial charge is 0.339 e. The van der Waals surface area contributed by atoms with Crippen molar-refractivity contribution in [2.24, 2.45) is 0 Å². The van der Waals surface area contributed by atoms with Gasteiger partial charge in [-0.25, -0.2) is 14.8 Å². The van der Waals surface area contributed by atoms with Crippen molar-refractivity contribution in [2.45, 2.75) is 6.42 Å². The van der Waals surface area contributed by atoms with E-state index in [1.165, 1.54) is 7.11 Å². The van der Waals surface area contributed by atoms with E-state index in [-0.39, 0.29) is 0 Å². The average molecular weight is 302 g/mol. The quantitative estimate of drug-likeness (QED) is 0.784. The van der Waals surface area contributed by atoms with Gasteiger partial charge in [-0.3, -0.25) is 0 Å². The second-order valence-corrected chi connectivity index (χ2v) is 4.50. The van der Waals surface area contributed by atoms with Crippen molar-refractivity contribution in [3.05, 3.63) is 41.7 Å². The number of aromatic nitrogens is 2. The Morgan fingerprint density at radius 3 is 2.77 bits per heavy atom. The third-order valence-electron chi connectivity index (χ3n) is 2.92. The summed E-state index contributed by atoms with van der Waals surface area (Å²) >= 11 is 0. The molecule has 2 aromatic rings. The predicted molar refractivity (Wildman–Crippen MR) is 83.1 cm³/mol. The van der Waals surface area contributed by atoms with Gasteiger partial charge in [-0.05, 0) is 12.1 Å². The molecule has 0 fully saturated rings. The number of nitrogens with zero attached hydrogens (tertiary/aromatic N) is 2. The monoisotopic (exact) mass is 302 g/mol. The number of hydrogen-bond acceptors (Lipinski definition) is 7. The maximum absolute atomic E-state index is 11.8. The molecule has 1 heterocycles. The molecule has 0 saturated heterocycles. The Bertz CT molecular complexity index is 661. The van der Waals surface area contributed by atoms with Gasteiger partial charge in [-0.1, -0.05) is 12.1 Å². The molecule has 0 radical (unpaired) electrons. The van der Waals surface area contributed by atoms with Crippen LogP contribution in [0.4, 0.5) is 17.3 Å². The van der Waals surface area contributed by atoms with Crippen molar-refractivity contribution in [1.82, 2.24) is 9.97 Å². The van der Waals surface area contributed by atoms with E-state index in [0.29, 0.717) is 41.7 Å². The molecular formula is C15H18N4O3. The lowest BCUT2D eigenvalue weighted by Gasteiger charge is -2.11. The van der Waals surface area contributed by atoms with E-state index in [9.17, 15) is 4.79 Å². The summed E-state index contributed by atoms with van der Waals surface area (Å²) < 4.78 is 9.77. The topological polar surface area (TPSA) is 99.4 Å². The van der Waals surface area contributed by atoms with Crippen LogP contribution < -0.4 is 11.1 Å². The van der Waals surface area contributed by atoms with Crippen LogP contribution >= 0.6 is 0 Å². The summed E-state index contributed by atoms with van der Waals surface area (Å²) in [7, 11) is 2.95. The number of rotatable bonds is 6. The van der Waals surface area contributed by atoms with Gasteiger partial charge in [0, 0.05) is 19.6 Å². The van der Waals surface area contributed by atoms with E-state index in [1.54, 1.807) is 31.4 Å². The van der Waals surface area contributed by atoms with Crippen LogP contribution in [0.5, 0.6) is 0 Å². The number of ether oxygens (including phenoxy) is 2. The highest BCUT2D eigenvalue weighted by Crippen LogP contribution is 2.21. The second kappa shape index (κ2) is 7.37. The highest BCUT2D eigenvalue weighted by molar-refractivity contribution is 5.96. The standard InChI is InChI=1S/C15H18N4O3/c1-21-8-7-13-18-12(16)9-14(19-13)17-11-6-4-3-5-10(11)15(20)22-2/h3-6,9H,7-8H2,1-2H3,(H3,16,17,18,19). The summed E-state index contributed by atoms with van der Waals surface area (Å²) in [6, 6.07) is 8.61. The summed E-state index contributed by atoms with van der Waals surface area (Å²) in [5, 5.41) is 3.07. The lowest BCUT2D eigenvalue weighted by atomic mass is 10.2. The normalized spacial score (nSPS) is 10.3. The maximum atomic E-state index is 11.8. The minimum Gasteiger partial charge on any atom is -0.465 e. The molecule has 0 bridgehead atoms. The number of anilines is 3. The van der Waals surface area contributed by atoms with Crippen molar-refractivity contribution in [1.29, 1.82) is 0 Å². The third kappa shape index (κ3) is 3.92. The van der Waals surface area contributed by atoms with Crippen molar-refractivity contribution >= 4 is 23.3 Å². The van der Waals surface area contributed by atoms with E-state index in [0.717, 1.165) is 0 Å². The molecule has 0 amide bonds. The van der Waals surface area contributed by atoms with Gasteiger partial charge in [0.25, 0.3) is 0 Å². The first-order valence-electron chi connectivity index (χ1n) is 6.70. The van der Waals surface area contributed by atoms with E-state index < -0.39 is 5.97 Å². The summed E-state index contributed by atoms with van der Waals surface area (Å²) in [6.07, 6.45) is 0.550. The number of carbonyl (C=O) groups excluding carboxylic acids is 1. The highest BCUT2D eigenvalue weighted by Gasteiger charge is 2.12. The number of methoxy groups -OCH3 is 2. The minimum atomic E-state index is -0.426. The Labute approximate surface area is 128 Å². The molecule has 2 rings (SSSR count). The molecule has 22 heavy (non-hydrogen) atoms. The summed E-state index contributed by atoms with van der Waals surface area (Å²) in [4.78, 5) is 20.3. The third-order valence-corrected chi connectivity index (χ3v) is 2.92. The molecule has 7 nitrogen and oxygen atoms in total. The number of esters is 1. The fraction of sp³-hybridized carbons (Fsp3) is 0.267. The number of nitrogens with one attached hydrogen (secondary N) is 1. The molecule has 0 saturated carbocycles. The first-order chi connectivity index (χ1) is 10.6. The van der Waals surface area contributed by atoms with E-state index in [4.69, 9.17) is 15.2 Å². The molecule has 0 unspecified atom stereocenters. The van der Waals surface area contributed by atoms with Crippen LogP contribution in [0.3, 0.4) is 0 Å². The van der Waals surface area contributed by atoms with Crippen molar-refractivity contribution < 1.29 is 14.3 Å². The van der Waals surface area contributed by atoms with Crippen LogP contribution in [0.1, 0.15) is 16.2 Å². The van der Waals surface area contributed by atoms with Crippen molar-refractivity contribution in [2.75, 3.05) is 31.9 Å². The zero-order valence-electron chi connectivity index (χ0n) is 12.5. The molecule has 0 aliphatic carbocycles. The molecule has 1 aromatic heterocycles. The van der Waals surface area contributed by atoms with Crippen LogP contribution in [0.2, 0.25) is 0 Å². The molecule has 0 aliphatic heterocycles. The number of carbonyl (C=O) groups is 1. The van der Waals surface area contributed by atoms with Crippen molar-refractivity contribution in [3.8, 4) is 0 Å². The zero-order chi connectivity index (χ0) is 15.9. The molecule has 116 valence electrons. The number of para-hydroxylation sites is 1. The average Bonchev–Trinajstić information content (AvgIpc) is 2.52. The van der Waals surface area contributed by atoms with Crippen LogP contribution in [-0.4, -0.2) is 36.8 Å². The van der Waals surface area contributed by atoms with Gasteiger partial charge in [-0.2, -0.15) is 0 Å². The summed E-state index contributed by atoms with van der Waals surface area (Å²) in [5.74, 6) is 0.999. The van der Waals surface area contributed by atoms with Gasteiger partial charge in [-0.15, -0.1) is 0 Å². The lowest BCUT2D eigenvalue weighted by Crippen LogP contribution is -2.09. The molecular weight excluding hydrogens is 284 g/mol. The Balaban J connectivity index is 2.27. The predicted octanol–water partition coefficient (Wildman–Crippen LogP) is 1.78. The fourth-order valence-electron chi connectivity index (χ4n) is 1.90. The van der Waals surface area contributed by atoms with Crippen molar-refractivity contribution in [3.63, 3.8) is 0 Å². The molecule has 1 aromatic carbocycles. The van der Waals surface area contributed by atoms with E-state index >= 15 is 0 Å². The molecule has 0 aliphatic rings. The number of hydrogen-bond donors (Lipinski definition) is 2. The van der Waals surface area contributed by atoms with Crippen LogP contribution in [-0.2, 0) is 15.9 Å². The van der Waals surface area contributed by atoms with E-state index in [1.807, 2.05) is 6.07 Å². The van der Waals surface area contributed by atoms with Crippen LogP contribution in [0.15, 0.2) is 30.3 Å². The number of benzene rings is 1. The Morgan fingerprint density at radius 1 is 1.27 bits per heavy atom. The Hall–Kier alpha value is -2.67. The Morgan fingerprint density at radius 2 is 2.05 bits per heavy atom. The fourth-order valence-corrected chi connectivity index (χ4v) is 1.90. The minimum absolute atomic E-state index is 0.346. The molecule has 0 spiro atoms. The van der Waals surface area contributed by atoms with Gasteiger partial charge in [0.05, 0.1) is 25.0 Å². The number of nitrogens with two attached hydrogens (primary N) is 1. The second-order valence-electron chi connectivity index (χ2n) is 4.50. The maximum Gasteiger partial charge on any atom is 0.339 e. The molecule has 3 N–H and O–H groups in total. The highest BCUT2D eigenvalue weighted by atomic mass is 16.5. The summed E-state index contributed by atoms with van der Waals surface area (Å²) in [6.45, 7) is 0.502. The molecule has 0 atom stereocenters. The van der Waals surface area contributed by atoms with Gasteiger partial charge in [0.2, 0.25) is 0 Å². The van der Waals surface area contributed by atoms with Gasteiger partial charge < -0.3 is 20.5 Å². The van der Waals surface area contributed by atoms with Crippen LogP contribution in [0, 0.1) is 0 Å². The lowest BCUT2D eigenvalue weighted by molar-refractivity contribution is 0.0602. The number of nitrogen functional groups attached to an aromatic ring is 1. The first kappa shape index (κ1) is 15.7.